The fourth-order valence-corrected chi connectivity index (χ4v) is 2.71. The molecule has 0 spiro atoms. The van der Waals surface area contributed by atoms with Crippen molar-refractivity contribution in [1.82, 2.24) is 15.2 Å². The largest absolute Gasteiger partial charge is 0.439 e. The molecule has 1 fully saturated rings. The third-order valence-corrected chi connectivity index (χ3v) is 3.99. The molecule has 0 amide bonds. The van der Waals surface area contributed by atoms with Gasteiger partial charge in [0.2, 0.25) is 5.88 Å². The SMILES string of the molecule is CCNC(=NCc1ccc(Oc2ccc(F)cc2)nc1)N1CCCC1.I. The fourth-order valence-electron chi connectivity index (χ4n) is 2.71. The van der Waals surface area contributed by atoms with E-state index in [0.29, 0.717) is 18.2 Å². The fraction of sp³-hybridized carbons (Fsp3) is 0.368. The van der Waals surface area contributed by atoms with E-state index >= 15 is 0 Å². The first kappa shape index (κ1) is 20.4. The van der Waals surface area contributed by atoms with E-state index in [1.165, 1.54) is 25.0 Å². The van der Waals surface area contributed by atoms with Crippen LogP contribution in [0, 0.1) is 5.82 Å². The van der Waals surface area contributed by atoms with Gasteiger partial charge in [-0.3, -0.25) is 0 Å². The number of benzene rings is 1. The zero-order chi connectivity index (χ0) is 17.5. The van der Waals surface area contributed by atoms with E-state index < -0.39 is 0 Å². The summed E-state index contributed by atoms with van der Waals surface area (Å²) in [7, 11) is 0. The van der Waals surface area contributed by atoms with Crippen molar-refractivity contribution in [1.29, 1.82) is 0 Å². The molecule has 0 radical (unpaired) electrons. The molecule has 0 bridgehead atoms. The number of nitrogens with zero attached hydrogens (tertiary/aromatic N) is 3. The molecule has 0 unspecified atom stereocenters. The number of guanidine groups is 1. The summed E-state index contributed by atoms with van der Waals surface area (Å²) in [6, 6.07) is 9.62. The maximum atomic E-state index is 12.9. The second kappa shape index (κ2) is 10.3. The van der Waals surface area contributed by atoms with Gasteiger partial charge in [-0.25, -0.2) is 14.4 Å². The van der Waals surface area contributed by atoms with Gasteiger partial charge in [0.15, 0.2) is 5.96 Å². The van der Waals surface area contributed by atoms with Gasteiger partial charge in [-0.1, -0.05) is 6.07 Å². The van der Waals surface area contributed by atoms with Gasteiger partial charge < -0.3 is 15.0 Å². The van der Waals surface area contributed by atoms with Crippen LogP contribution in [-0.4, -0.2) is 35.5 Å². The van der Waals surface area contributed by atoms with E-state index in [1.54, 1.807) is 24.4 Å². The minimum Gasteiger partial charge on any atom is -0.439 e. The van der Waals surface area contributed by atoms with Crippen LogP contribution in [0.25, 0.3) is 0 Å². The average Bonchev–Trinajstić information content (AvgIpc) is 3.16. The number of pyridine rings is 1. The van der Waals surface area contributed by atoms with Crippen molar-refractivity contribution < 1.29 is 9.13 Å². The maximum Gasteiger partial charge on any atom is 0.219 e. The quantitative estimate of drug-likeness (QED) is 0.405. The van der Waals surface area contributed by atoms with Crippen LogP contribution in [0.5, 0.6) is 11.6 Å². The van der Waals surface area contributed by atoms with Crippen molar-refractivity contribution in [3.05, 3.63) is 54.0 Å². The van der Waals surface area contributed by atoms with E-state index in [-0.39, 0.29) is 29.8 Å². The van der Waals surface area contributed by atoms with Crippen molar-refractivity contribution in [2.45, 2.75) is 26.3 Å². The van der Waals surface area contributed by atoms with E-state index in [1.807, 2.05) is 6.07 Å². The molecule has 140 valence electrons. The van der Waals surface area contributed by atoms with E-state index in [4.69, 9.17) is 9.73 Å². The lowest BCUT2D eigenvalue weighted by Gasteiger charge is -2.20. The van der Waals surface area contributed by atoms with Crippen LogP contribution in [0.2, 0.25) is 0 Å². The first-order chi connectivity index (χ1) is 12.2. The van der Waals surface area contributed by atoms with Gasteiger partial charge in [0.1, 0.15) is 11.6 Å². The Morgan fingerprint density at radius 3 is 2.54 bits per heavy atom. The van der Waals surface area contributed by atoms with Crippen molar-refractivity contribution in [2.24, 2.45) is 4.99 Å². The molecule has 2 heterocycles. The van der Waals surface area contributed by atoms with Crippen LogP contribution < -0.4 is 10.1 Å². The summed E-state index contributed by atoms with van der Waals surface area (Å²) in [5.41, 5.74) is 1.01. The van der Waals surface area contributed by atoms with Gasteiger partial charge in [0.25, 0.3) is 0 Å². The van der Waals surface area contributed by atoms with Crippen LogP contribution in [0.3, 0.4) is 0 Å². The van der Waals surface area contributed by atoms with E-state index in [9.17, 15) is 4.39 Å². The standard InChI is InChI=1S/C19H23FN4O.HI/c1-2-21-19(24-11-3-4-12-24)23-14-15-5-10-18(22-13-15)25-17-8-6-16(20)7-9-17;/h5-10,13H,2-4,11-12,14H2,1H3,(H,21,23);1H. The Kier molecular flexibility index (Phi) is 8.08. The Balaban J connectivity index is 0.00000243. The second-order valence-electron chi connectivity index (χ2n) is 5.92. The monoisotopic (exact) mass is 470 g/mol. The maximum absolute atomic E-state index is 12.9. The molecule has 1 aliphatic rings. The predicted octanol–water partition coefficient (Wildman–Crippen LogP) is 4.19. The molecular weight excluding hydrogens is 446 g/mol. The zero-order valence-corrected chi connectivity index (χ0v) is 17.2. The van der Waals surface area contributed by atoms with Gasteiger partial charge in [0.05, 0.1) is 6.54 Å². The molecule has 3 rings (SSSR count). The number of aromatic nitrogens is 1. The molecule has 1 saturated heterocycles. The number of rotatable bonds is 5. The van der Waals surface area contributed by atoms with Crippen LogP contribution in [-0.2, 0) is 6.54 Å². The normalized spacial score (nSPS) is 14.1. The topological polar surface area (TPSA) is 49.8 Å². The molecular formula is C19H24FIN4O. The summed E-state index contributed by atoms with van der Waals surface area (Å²) < 4.78 is 18.5. The van der Waals surface area contributed by atoms with Crippen LogP contribution in [0.1, 0.15) is 25.3 Å². The summed E-state index contributed by atoms with van der Waals surface area (Å²) in [5.74, 6) is 1.71. The minimum absolute atomic E-state index is 0. The number of hydrogen-bond acceptors (Lipinski definition) is 3. The van der Waals surface area contributed by atoms with Gasteiger partial charge in [0, 0.05) is 31.9 Å². The summed E-state index contributed by atoms with van der Waals surface area (Å²) in [6.45, 7) is 5.64. The molecule has 0 aliphatic carbocycles. The lowest BCUT2D eigenvalue weighted by Crippen LogP contribution is -2.39. The highest BCUT2D eigenvalue weighted by Crippen LogP contribution is 2.19. The number of hydrogen-bond donors (Lipinski definition) is 1. The Bertz CT molecular complexity index is 700. The Morgan fingerprint density at radius 1 is 1.19 bits per heavy atom. The molecule has 0 atom stereocenters. The molecule has 1 aliphatic heterocycles. The second-order valence-corrected chi connectivity index (χ2v) is 5.92. The van der Waals surface area contributed by atoms with Crippen LogP contribution >= 0.6 is 24.0 Å². The lowest BCUT2D eigenvalue weighted by atomic mass is 10.3. The Hall–Kier alpha value is -1.90. The van der Waals surface area contributed by atoms with Gasteiger partial charge >= 0.3 is 0 Å². The molecule has 0 saturated carbocycles. The Morgan fingerprint density at radius 2 is 1.92 bits per heavy atom. The molecule has 7 heteroatoms. The summed E-state index contributed by atoms with van der Waals surface area (Å²) >= 11 is 0. The Labute approximate surface area is 170 Å². The van der Waals surface area contributed by atoms with E-state index in [2.05, 4.69) is 22.1 Å². The predicted molar refractivity (Wildman–Crippen MR) is 112 cm³/mol. The molecule has 5 nitrogen and oxygen atoms in total. The van der Waals surface area contributed by atoms with Gasteiger partial charge in [-0.05, 0) is 49.6 Å². The smallest absolute Gasteiger partial charge is 0.219 e. The first-order valence-electron chi connectivity index (χ1n) is 8.66. The third kappa shape index (κ3) is 5.82. The molecule has 26 heavy (non-hydrogen) atoms. The molecule has 2 aromatic rings. The van der Waals surface area contributed by atoms with Crippen molar-refractivity contribution in [3.8, 4) is 11.6 Å². The number of likely N-dealkylation sites (tertiary alicyclic amines) is 1. The summed E-state index contributed by atoms with van der Waals surface area (Å²) in [6.07, 6.45) is 4.21. The number of ether oxygens (including phenoxy) is 1. The lowest BCUT2D eigenvalue weighted by molar-refractivity contribution is 0.461. The van der Waals surface area contributed by atoms with Gasteiger partial charge in [-0.15, -0.1) is 24.0 Å². The van der Waals surface area contributed by atoms with Crippen molar-refractivity contribution >= 4 is 29.9 Å². The number of nitrogens with one attached hydrogen (secondary N) is 1. The van der Waals surface area contributed by atoms with Crippen molar-refractivity contribution in [3.63, 3.8) is 0 Å². The van der Waals surface area contributed by atoms with Crippen LogP contribution in [0.15, 0.2) is 47.6 Å². The highest BCUT2D eigenvalue weighted by molar-refractivity contribution is 14.0. The molecule has 1 aromatic carbocycles. The highest BCUT2D eigenvalue weighted by atomic mass is 127. The molecule has 1 N–H and O–H groups in total. The van der Waals surface area contributed by atoms with Crippen LogP contribution in [0.4, 0.5) is 4.39 Å². The number of halogens is 2. The highest BCUT2D eigenvalue weighted by Gasteiger charge is 2.15. The van der Waals surface area contributed by atoms with E-state index in [0.717, 1.165) is 31.2 Å². The van der Waals surface area contributed by atoms with Gasteiger partial charge in [-0.2, -0.15) is 0 Å². The average molecular weight is 470 g/mol. The third-order valence-electron chi connectivity index (χ3n) is 3.99. The zero-order valence-electron chi connectivity index (χ0n) is 14.8. The number of aliphatic imine (C=N–C) groups is 1. The molecule has 1 aromatic heterocycles. The van der Waals surface area contributed by atoms with Crippen molar-refractivity contribution in [2.75, 3.05) is 19.6 Å². The summed E-state index contributed by atoms with van der Waals surface area (Å²) in [4.78, 5) is 11.3. The minimum atomic E-state index is -0.289. The summed E-state index contributed by atoms with van der Waals surface area (Å²) in [5, 5.41) is 3.34. The first-order valence-corrected chi connectivity index (χ1v) is 8.66.